The zero-order valence-corrected chi connectivity index (χ0v) is 14.8. The second-order valence-corrected chi connectivity index (χ2v) is 8.37. The van der Waals surface area contributed by atoms with Gasteiger partial charge < -0.3 is 9.88 Å². The lowest BCUT2D eigenvalue weighted by atomic mass is 9.82. The fourth-order valence-electron chi connectivity index (χ4n) is 1.92. The molecule has 0 aliphatic heterocycles. The van der Waals surface area contributed by atoms with Gasteiger partial charge in [-0.05, 0) is 31.4 Å². The molecule has 0 aliphatic rings. The average Bonchev–Trinajstić information content (AvgIpc) is 2.79. The number of aryl methyl sites for hydroxylation is 1. The van der Waals surface area contributed by atoms with Crippen molar-refractivity contribution in [1.29, 1.82) is 0 Å². The van der Waals surface area contributed by atoms with Gasteiger partial charge in [-0.2, -0.15) is 0 Å². The van der Waals surface area contributed by atoms with Gasteiger partial charge in [-0.15, -0.1) is 0 Å². The highest BCUT2D eigenvalue weighted by Gasteiger charge is 2.23. The summed E-state index contributed by atoms with van der Waals surface area (Å²) in [5, 5.41) is 3.06. The Bertz CT molecular complexity index is 556. The summed E-state index contributed by atoms with van der Waals surface area (Å²) in [6, 6.07) is 1.74. The first-order valence-electron chi connectivity index (χ1n) is 7.45. The molecule has 2 N–H and O–H groups in total. The molecule has 1 aromatic heterocycles. The Balaban J connectivity index is 2.88. The van der Waals surface area contributed by atoms with Crippen molar-refractivity contribution in [3.05, 3.63) is 18.0 Å². The van der Waals surface area contributed by atoms with Crippen molar-refractivity contribution >= 4 is 10.0 Å². The van der Waals surface area contributed by atoms with Crippen molar-refractivity contribution in [1.82, 2.24) is 14.6 Å². The number of nitrogens with zero attached hydrogens (tertiary/aromatic N) is 1. The molecule has 1 aromatic rings. The molecule has 0 radical (unpaired) electrons. The predicted molar refractivity (Wildman–Crippen MR) is 86.7 cm³/mol. The highest BCUT2D eigenvalue weighted by molar-refractivity contribution is 7.89. The van der Waals surface area contributed by atoms with Crippen LogP contribution in [0.1, 0.15) is 40.3 Å². The van der Waals surface area contributed by atoms with E-state index < -0.39 is 10.0 Å². The van der Waals surface area contributed by atoms with E-state index in [0.29, 0.717) is 18.0 Å². The van der Waals surface area contributed by atoms with Gasteiger partial charge in [0.25, 0.3) is 0 Å². The van der Waals surface area contributed by atoms with Crippen LogP contribution in [-0.4, -0.2) is 26.6 Å². The Morgan fingerprint density at radius 3 is 2.43 bits per heavy atom. The summed E-state index contributed by atoms with van der Waals surface area (Å²) in [5.41, 5.74) is 1.05. The zero-order chi connectivity index (χ0) is 16.3. The lowest BCUT2D eigenvalue weighted by molar-refractivity contribution is 0.263. The minimum Gasteiger partial charge on any atom is -0.349 e. The summed E-state index contributed by atoms with van der Waals surface area (Å²) in [6.45, 7) is 12.3. The van der Waals surface area contributed by atoms with Crippen molar-refractivity contribution in [2.45, 2.75) is 52.6 Å². The number of aromatic nitrogens is 1. The smallest absolute Gasteiger partial charge is 0.242 e. The molecule has 0 saturated carbocycles. The molecule has 0 spiro atoms. The van der Waals surface area contributed by atoms with E-state index in [2.05, 4.69) is 37.7 Å². The third kappa shape index (κ3) is 4.83. The van der Waals surface area contributed by atoms with Crippen LogP contribution in [0.3, 0.4) is 0 Å². The fraction of sp³-hybridized carbons (Fsp3) is 0.733. The molecule has 5 nitrogen and oxygen atoms in total. The van der Waals surface area contributed by atoms with E-state index in [1.165, 1.54) is 0 Å². The summed E-state index contributed by atoms with van der Waals surface area (Å²) in [6.07, 6.45) is 1.71. The Hall–Kier alpha value is -0.850. The molecule has 21 heavy (non-hydrogen) atoms. The van der Waals surface area contributed by atoms with Crippen molar-refractivity contribution in [2.75, 3.05) is 13.6 Å². The maximum atomic E-state index is 12.4. The Morgan fingerprint density at radius 2 is 1.95 bits per heavy atom. The van der Waals surface area contributed by atoms with Gasteiger partial charge in [0.1, 0.15) is 0 Å². The number of sulfonamides is 1. The molecule has 0 saturated heterocycles. The highest BCUT2D eigenvalue weighted by atomic mass is 32.2. The summed E-state index contributed by atoms with van der Waals surface area (Å²) in [5.74, 6) is 0.261. The Labute approximate surface area is 129 Å². The van der Waals surface area contributed by atoms with E-state index in [1.54, 1.807) is 12.3 Å². The Morgan fingerprint density at radius 1 is 1.33 bits per heavy atom. The summed E-state index contributed by atoms with van der Waals surface area (Å²) in [7, 11) is -1.59. The van der Waals surface area contributed by atoms with Gasteiger partial charge in [0.15, 0.2) is 0 Å². The van der Waals surface area contributed by atoms with Crippen LogP contribution < -0.4 is 10.0 Å². The molecule has 1 atom stereocenters. The zero-order valence-electron chi connectivity index (χ0n) is 14.0. The topological polar surface area (TPSA) is 63.1 Å². The molecular formula is C15H29N3O2S. The van der Waals surface area contributed by atoms with Crippen molar-refractivity contribution in [2.24, 2.45) is 11.3 Å². The third-order valence-corrected chi connectivity index (χ3v) is 5.42. The maximum absolute atomic E-state index is 12.4. The number of rotatable bonds is 7. The molecule has 6 heteroatoms. The van der Waals surface area contributed by atoms with E-state index in [4.69, 9.17) is 0 Å². The summed E-state index contributed by atoms with van der Waals surface area (Å²) in [4.78, 5) is 0.343. The van der Waals surface area contributed by atoms with Crippen molar-refractivity contribution in [3.63, 3.8) is 0 Å². The molecule has 0 aromatic carbocycles. The normalized spacial score (nSPS) is 14.4. The third-order valence-electron chi connectivity index (χ3n) is 4.03. The molecule has 0 amide bonds. The standard InChI is InChI=1S/C15H29N3O2S/c1-7-18-11-14(8-13(18)10-16-6)21(19,20)17-9-12(2)15(3,4)5/h8,11-12,16-17H,7,9-10H2,1-6H3. The van der Waals surface area contributed by atoms with Crippen LogP contribution in [0, 0.1) is 11.3 Å². The predicted octanol–water partition coefficient (Wildman–Crippen LogP) is 2.19. The second kappa shape index (κ2) is 6.94. The largest absolute Gasteiger partial charge is 0.349 e. The lowest BCUT2D eigenvalue weighted by Crippen LogP contribution is -2.33. The molecule has 1 heterocycles. The van der Waals surface area contributed by atoms with E-state index >= 15 is 0 Å². The molecule has 0 bridgehead atoms. The minimum absolute atomic E-state index is 0.0785. The van der Waals surface area contributed by atoms with Crippen LogP contribution in [-0.2, 0) is 23.1 Å². The molecule has 122 valence electrons. The summed E-state index contributed by atoms with van der Waals surface area (Å²) < 4.78 is 29.5. The molecule has 1 rings (SSSR count). The molecule has 0 aliphatic carbocycles. The van der Waals surface area contributed by atoms with Crippen LogP contribution >= 0.6 is 0 Å². The van der Waals surface area contributed by atoms with E-state index in [0.717, 1.165) is 12.2 Å². The summed E-state index contributed by atoms with van der Waals surface area (Å²) >= 11 is 0. The number of hydrogen-bond donors (Lipinski definition) is 2. The fourth-order valence-corrected chi connectivity index (χ4v) is 3.11. The van der Waals surface area contributed by atoms with Gasteiger partial charge in [-0.1, -0.05) is 27.7 Å². The SMILES string of the molecule is CCn1cc(S(=O)(=O)NCC(C)C(C)(C)C)cc1CNC. The quantitative estimate of drug-likeness (QED) is 0.811. The van der Waals surface area contributed by atoms with E-state index in [9.17, 15) is 8.42 Å². The monoisotopic (exact) mass is 315 g/mol. The van der Waals surface area contributed by atoms with Gasteiger partial charge in [0.2, 0.25) is 10.0 Å². The van der Waals surface area contributed by atoms with Crippen LogP contribution in [0.15, 0.2) is 17.2 Å². The first-order chi connectivity index (χ1) is 9.61. The van der Waals surface area contributed by atoms with Gasteiger partial charge in [-0.3, -0.25) is 0 Å². The maximum Gasteiger partial charge on any atom is 0.242 e. The van der Waals surface area contributed by atoms with Gasteiger partial charge >= 0.3 is 0 Å². The van der Waals surface area contributed by atoms with Crippen molar-refractivity contribution in [3.8, 4) is 0 Å². The van der Waals surface area contributed by atoms with Crippen LogP contribution in [0.5, 0.6) is 0 Å². The lowest BCUT2D eigenvalue weighted by Gasteiger charge is -2.27. The first-order valence-corrected chi connectivity index (χ1v) is 8.93. The van der Waals surface area contributed by atoms with Crippen LogP contribution in [0.25, 0.3) is 0 Å². The minimum atomic E-state index is -3.44. The van der Waals surface area contributed by atoms with Crippen LogP contribution in [0.4, 0.5) is 0 Å². The van der Waals surface area contributed by atoms with Gasteiger partial charge in [-0.25, -0.2) is 13.1 Å². The average molecular weight is 315 g/mol. The highest BCUT2D eigenvalue weighted by Crippen LogP contribution is 2.25. The van der Waals surface area contributed by atoms with E-state index in [-0.39, 0.29) is 11.3 Å². The Kier molecular flexibility index (Phi) is 6.01. The second-order valence-electron chi connectivity index (χ2n) is 6.60. The number of nitrogens with one attached hydrogen (secondary N) is 2. The van der Waals surface area contributed by atoms with E-state index in [1.807, 2.05) is 18.5 Å². The molecule has 0 fully saturated rings. The molecule has 1 unspecified atom stereocenters. The first kappa shape index (κ1) is 18.2. The number of hydrogen-bond acceptors (Lipinski definition) is 3. The van der Waals surface area contributed by atoms with Crippen molar-refractivity contribution < 1.29 is 8.42 Å². The van der Waals surface area contributed by atoms with Gasteiger partial charge in [0, 0.05) is 31.5 Å². The molecular weight excluding hydrogens is 286 g/mol. The van der Waals surface area contributed by atoms with Crippen LogP contribution in [0.2, 0.25) is 0 Å². The van der Waals surface area contributed by atoms with Gasteiger partial charge in [0.05, 0.1) is 4.90 Å².